The van der Waals surface area contributed by atoms with Crippen molar-refractivity contribution in [2.75, 3.05) is 6.61 Å². The van der Waals surface area contributed by atoms with E-state index in [1.807, 2.05) is 0 Å². The molecule has 0 amide bonds. The minimum Gasteiger partial charge on any atom is -0.462 e. The van der Waals surface area contributed by atoms with Gasteiger partial charge in [0, 0.05) is 26.7 Å². The summed E-state index contributed by atoms with van der Waals surface area (Å²) in [4.78, 5) is 61.9. The van der Waals surface area contributed by atoms with Gasteiger partial charge in [-0.15, -0.1) is 0 Å². The lowest BCUT2D eigenvalue weighted by Gasteiger charge is -2.23. The van der Waals surface area contributed by atoms with E-state index in [1.165, 1.54) is 128 Å². The third kappa shape index (κ3) is 26.0. The van der Waals surface area contributed by atoms with E-state index >= 15 is 0 Å². The van der Waals surface area contributed by atoms with Crippen LogP contribution in [0.5, 0.6) is 0 Å². The molecule has 0 unspecified atom stereocenters. The van der Waals surface area contributed by atoms with Gasteiger partial charge in [-0.05, 0) is 12.8 Å². The van der Waals surface area contributed by atoms with Crippen LogP contribution in [0.4, 0.5) is 0 Å². The van der Waals surface area contributed by atoms with Crippen LogP contribution in [0, 0.1) is 0 Å². The number of unbranched alkanes of at least 4 members (excludes halogenated alkanes) is 26. The molecule has 2 atom stereocenters. The Hall–Kier alpha value is -2.91. The van der Waals surface area contributed by atoms with Crippen molar-refractivity contribution in [1.29, 1.82) is 0 Å². The van der Waals surface area contributed by atoms with Crippen LogP contribution in [0.15, 0.2) is 11.5 Å². The maximum atomic E-state index is 12.8. The summed E-state index contributed by atoms with van der Waals surface area (Å²) < 4.78 is 26.7. The highest BCUT2D eigenvalue weighted by Crippen LogP contribution is 2.30. The van der Waals surface area contributed by atoms with Crippen molar-refractivity contribution < 1.29 is 47.7 Å². The molecule has 0 aliphatic carbocycles. The van der Waals surface area contributed by atoms with Crippen molar-refractivity contribution in [3.05, 3.63) is 11.5 Å². The van der Waals surface area contributed by atoms with E-state index in [-0.39, 0.29) is 18.6 Å². The summed E-state index contributed by atoms with van der Waals surface area (Å²) in [5, 5.41) is 0. The highest BCUT2D eigenvalue weighted by molar-refractivity contribution is 5.93. The molecule has 0 fully saturated rings. The first-order valence-electron chi connectivity index (χ1n) is 21.9. The highest BCUT2D eigenvalue weighted by Gasteiger charge is 2.46. The molecular formula is C44H76O10. The molecule has 0 bridgehead atoms. The molecule has 0 saturated heterocycles. The quantitative estimate of drug-likeness (QED) is 0.0345. The van der Waals surface area contributed by atoms with E-state index in [0.717, 1.165) is 52.4 Å². The van der Waals surface area contributed by atoms with Crippen molar-refractivity contribution in [2.24, 2.45) is 0 Å². The summed E-state index contributed by atoms with van der Waals surface area (Å²) >= 11 is 0. The third-order valence-electron chi connectivity index (χ3n) is 9.90. The van der Waals surface area contributed by atoms with Crippen LogP contribution in [0.2, 0.25) is 0 Å². The lowest BCUT2D eigenvalue weighted by molar-refractivity contribution is -0.171. The smallest absolute Gasteiger partial charge is 0.379 e. The summed E-state index contributed by atoms with van der Waals surface area (Å²) in [5.41, 5.74) is 0. The van der Waals surface area contributed by atoms with Gasteiger partial charge in [-0.3, -0.25) is 19.2 Å². The summed E-state index contributed by atoms with van der Waals surface area (Å²) in [6, 6.07) is 0. The predicted octanol–water partition coefficient (Wildman–Crippen LogP) is 11.4. The topological polar surface area (TPSA) is 132 Å². The first kappa shape index (κ1) is 49.1. The molecule has 0 spiro atoms. The van der Waals surface area contributed by atoms with Crippen molar-refractivity contribution in [3.8, 4) is 0 Å². The molecule has 54 heavy (non-hydrogen) atoms. The fraction of sp³-hybridized carbons (Fsp3) is 0.841. The molecule has 0 saturated carbocycles. The largest absolute Gasteiger partial charge is 0.462 e. The van der Waals surface area contributed by atoms with Crippen LogP contribution in [-0.4, -0.2) is 48.7 Å². The van der Waals surface area contributed by atoms with Crippen LogP contribution < -0.4 is 0 Å². The Labute approximate surface area is 327 Å². The van der Waals surface area contributed by atoms with Gasteiger partial charge in [-0.25, -0.2) is 4.79 Å². The average Bonchev–Trinajstić information content (AvgIpc) is 3.42. The molecule has 10 nitrogen and oxygen atoms in total. The van der Waals surface area contributed by atoms with E-state index in [1.54, 1.807) is 0 Å². The van der Waals surface area contributed by atoms with Crippen LogP contribution in [-0.2, 0) is 47.7 Å². The zero-order valence-electron chi connectivity index (χ0n) is 34.7. The number of ether oxygens (including phenoxy) is 5. The molecule has 1 rings (SSSR count). The van der Waals surface area contributed by atoms with Gasteiger partial charge in [0.05, 0.1) is 0 Å². The molecule has 10 heteroatoms. The van der Waals surface area contributed by atoms with Crippen LogP contribution in [0.3, 0.4) is 0 Å². The second-order valence-corrected chi connectivity index (χ2v) is 15.1. The molecule has 1 aliphatic heterocycles. The summed E-state index contributed by atoms with van der Waals surface area (Å²) in [7, 11) is 0. The van der Waals surface area contributed by atoms with Crippen molar-refractivity contribution in [1.82, 2.24) is 0 Å². The molecular weight excluding hydrogens is 688 g/mol. The number of cyclic esters (lactones) is 1. The summed E-state index contributed by atoms with van der Waals surface area (Å²) in [5.74, 6) is -4.61. The maximum absolute atomic E-state index is 12.8. The molecule has 1 heterocycles. The first-order valence-corrected chi connectivity index (χ1v) is 21.9. The molecule has 0 aromatic rings. The van der Waals surface area contributed by atoms with Crippen molar-refractivity contribution in [3.63, 3.8) is 0 Å². The highest BCUT2D eigenvalue weighted by atomic mass is 16.7. The molecule has 0 aromatic carbocycles. The maximum Gasteiger partial charge on any atom is 0.379 e. The molecule has 312 valence electrons. The number of carbonyl (C=O) groups excluding carboxylic acids is 5. The molecule has 0 radical (unpaired) electrons. The van der Waals surface area contributed by atoms with E-state index in [9.17, 15) is 24.0 Å². The Balaban J connectivity index is 2.42. The Bertz CT molecular complexity index is 1070. The Morgan fingerprint density at radius 1 is 0.519 bits per heavy atom. The average molecular weight is 765 g/mol. The van der Waals surface area contributed by atoms with E-state index in [2.05, 4.69) is 13.8 Å². The van der Waals surface area contributed by atoms with Crippen molar-refractivity contribution in [2.45, 2.75) is 233 Å². The van der Waals surface area contributed by atoms with Gasteiger partial charge in [0.25, 0.3) is 5.76 Å². The normalized spacial score (nSPS) is 14.5. The first-order chi connectivity index (χ1) is 26.2. The fourth-order valence-corrected chi connectivity index (χ4v) is 6.78. The van der Waals surface area contributed by atoms with E-state index < -0.39 is 54.4 Å². The van der Waals surface area contributed by atoms with Gasteiger partial charge in [-0.1, -0.05) is 181 Å². The minimum absolute atomic E-state index is 0.0806. The minimum atomic E-state index is -1.43. The second kappa shape index (κ2) is 33.4. The predicted molar refractivity (Wildman–Crippen MR) is 211 cm³/mol. The molecule has 0 N–H and O–H groups in total. The van der Waals surface area contributed by atoms with Gasteiger partial charge in [0.1, 0.15) is 6.61 Å². The van der Waals surface area contributed by atoms with Crippen LogP contribution in [0.25, 0.3) is 0 Å². The fourth-order valence-electron chi connectivity index (χ4n) is 6.78. The van der Waals surface area contributed by atoms with Crippen LogP contribution >= 0.6 is 0 Å². The van der Waals surface area contributed by atoms with E-state index in [0.29, 0.717) is 12.8 Å². The second-order valence-electron chi connectivity index (χ2n) is 15.1. The number of carbonyl (C=O) groups is 5. The zero-order chi connectivity index (χ0) is 39.7. The number of hydrogen-bond donors (Lipinski definition) is 0. The van der Waals surface area contributed by atoms with Gasteiger partial charge >= 0.3 is 29.8 Å². The van der Waals surface area contributed by atoms with Gasteiger partial charge in [0.2, 0.25) is 11.9 Å². The molecule has 0 aromatic heterocycles. The van der Waals surface area contributed by atoms with Gasteiger partial charge < -0.3 is 23.7 Å². The molecule has 1 aliphatic rings. The standard InChI is InChI=1S/C44H76O10/c1-5-7-9-11-13-15-17-19-20-22-24-26-28-30-32-34-40(48)53-43-42(52-37(4)46)41(54-44(43)49)38(51-36(3)45)35-50-39(47)33-31-29-27-25-23-21-18-16-14-12-10-8-6-2/h38,41H,5-35H2,1-4H3/t38-,41+/m0/s1. The van der Waals surface area contributed by atoms with Gasteiger partial charge in [-0.2, -0.15) is 0 Å². The van der Waals surface area contributed by atoms with Gasteiger partial charge in [0.15, 0.2) is 6.10 Å². The van der Waals surface area contributed by atoms with Crippen LogP contribution in [0.1, 0.15) is 220 Å². The lowest BCUT2D eigenvalue weighted by Crippen LogP contribution is -2.38. The summed E-state index contributed by atoms with van der Waals surface area (Å²) in [6.45, 7) is 6.34. The van der Waals surface area contributed by atoms with E-state index in [4.69, 9.17) is 23.7 Å². The Morgan fingerprint density at radius 2 is 0.889 bits per heavy atom. The number of esters is 5. The number of rotatable bonds is 36. The number of hydrogen-bond acceptors (Lipinski definition) is 10. The Morgan fingerprint density at radius 3 is 1.26 bits per heavy atom. The van der Waals surface area contributed by atoms with Crippen molar-refractivity contribution >= 4 is 29.8 Å². The Kier molecular flexibility index (Phi) is 30.4. The summed E-state index contributed by atoms with van der Waals surface area (Å²) in [6.07, 6.45) is 31.0. The SMILES string of the molecule is CCCCCCCCCCCCCCCCCC(=O)OC1=C(OC(C)=O)[C@@H]([C@H](COC(=O)CCCCCCCCCCCCCCC)OC(C)=O)OC1=O. The third-order valence-corrected chi connectivity index (χ3v) is 9.90. The lowest BCUT2D eigenvalue weighted by atomic mass is 10.0. The monoisotopic (exact) mass is 765 g/mol. The zero-order valence-corrected chi connectivity index (χ0v) is 34.7.